The largest absolute Gasteiger partial charge is 0.482 e. The van der Waals surface area contributed by atoms with Crippen LogP contribution >= 0.6 is 0 Å². The standard InChI is InChI=1S/C21H24N6O6/c1-21(32)6-13(28)7-26(20(31)12-3-2-4-14(5-12)33-9-16(29)30)8-15(21)27-11-25-17-18(22)23-10-24-19(17)27/h2-5,10-11,13,15,28,32H,6-9H2,1H3,(H,29,30)(H2,22,23,24)/t13-,15+,21+/m1/s1. The third-order valence-electron chi connectivity index (χ3n) is 5.64. The fourth-order valence-electron chi connectivity index (χ4n) is 4.11. The number of carboxylic acid groups (broad SMARTS) is 1. The number of β-amino-alcohol motifs (C(OH)–C–C–N with tert-alkyl or cyclic N) is 1. The van der Waals surface area contributed by atoms with E-state index < -0.39 is 36.2 Å². The van der Waals surface area contributed by atoms with Crippen molar-refractivity contribution >= 4 is 28.9 Å². The van der Waals surface area contributed by atoms with Crippen LogP contribution in [0.3, 0.4) is 0 Å². The number of amides is 1. The number of rotatable bonds is 5. The van der Waals surface area contributed by atoms with Crippen molar-refractivity contribution in [2.75, 3.05) is 25.4 Å². The summed E-state index contributed by atoms with van der Waals surface area (Å²) in [5, 5.41) is 30.6. The fraction of sp³-hybridized carbons (Fsp3) is 0.381. The Kier molecular flexibility index (Phi) is 5.87. The predicted molar refractivity (Wildman–Crippen MR) is 115 cm³/mol. The zero-order chi connectivity index (χ0) is 23.8. The summed E-state index contributed by atoms with van der Waals surface area (Å²) in [5.74, 6) is -1.12. The maximum absolute atomic E-state index is 13.3. The summed E-state index contributed by atoms with van der Waals surface area (Å²) in [6, 6.07) is 5.45. The molecule has 0 aliphatic carbocycles. The van der Waals surface area contributed by atoms with Gasteiger partial charge in [-0.1, -0.05) is 6.07 Å². The van der Waals surface area contributed by atoms with E-state index in [2.05, 4.69) is 15.0 Å². The number of fused-ring (bicyclic) bond motifs is 1. The maximum atomic E-state index is 13.3. The molecule has 0 saturated carbocycles. The van der Waals surface area contributed by atoms with Crippen LogP contribution in [0, 0.1) is 0 Å². The lowest BCUT2D eigenvalue weighted by Crippen LogP contribution is -2.42. The Bertz CT molecular complexity index is 1190. The molecule has 1 aromatic carbocycles. The van der Waals surface area contributed by atoms with Gasteiger partial charge in [0.2, 0.25) is 0 Å². The number of nitrogen functional groups attached to an aromatic ring is 1. The molecule has 0 spiro atoms. The summed E-state index contributed by atoms with van der Waals surface area (Å²) in [6.07, 6.45) is 1.82. The van der Waals surface area contributed by atoms with Gasteiger partial charge in [-0.15, -0.1) is 0 Å². The third-order valence-corrected chi connectivity index (χ3v) is 5.64. The second kappa shape index (κ2) is 8.64. The number of benzene rings is 1. The second-order valence-electron chi connectivity index (χ2n) is 8.23. The van der Waals surface area contributed by atoms with Gasteiger partial charge in [-0.2, -0.15) is 0 Å². The van der Waals surface area contributed by atoms with Crippen molar-refractivity contribution in [2.24, 2.45) is 0 Å². The summed E-state index contributed by atoms with van der Waals surface area (Å²) >= 11 is 0. The van der Waals surface area contributed by atoms with E-state index in [9.17, 15) is 19.8 Å². The van der Waals surface area contributed by atoms with Crippen molar-refractivity contribution in [1.29, 1.82) is 0 Å². The van der Waals surface area contributed by atoms with E-state index in [4.69, 9.17) is 15.6 Å². The van der Waals surface area contributed by atoms with Crippen molar-refractivity contribution in [3.8, 4) is 5.75 Å². The molecule has 12 heteroatoms. The van der Waals surface area contributed by atoms with Crippen molar-refractivity contribution in [3.63, 3.8) is 0 Å². The highest BCUT2D eigenvalue weighted by Crippen LogP contribution is 2.34. The first-order valence-electron chi connectivity index (χ1n) is 10.2. The highest BCUT2D eigenvalue weighted by atomic mass is 16.5. The third kappa shape index (κ3) is 4.56. The van der Waals surface area contributed by atoms with Gasteiger partial charge in [0.1, 0.15) is 17.6 Å². The molecule has 3 aromatic rings. The molecule has 1 fully saturated rings. The normalized spacial score (nSPS) is 23.3. The number of anilines is 1. The fourth-order valence-corrected chi connectivity index (χ4v) is 4.11. The molecule has 0 unspecified atom stereocenters. The second-order valence-corrected chi connectivity index (χ2v) is 8.23. The van der Waals surface area contributed by atoms with E-state index in [1.165, 1.54) is 23.6 Å². The minimum atomic E-state index is -1.39. The van der Waals surface area contributed by atoms with Crippen LogP contribution in [-0.4, -0.2) is 83.0 Å². The van der Waals surface area contributed by atoms with Crippen LogP contribution in [-0.2, 0) is 4.79 Å². The number of nitrogens with zero attached hydrogens (tertiary/aromatic N) is 5. The number of aliphatic hydroxyl groups excluding tert-OH is 1. The van der Waals surface area contributed by atoms with E-state index in [1.807, 2.05) is 0 Å². The molecule has 5 N–H and O–H groups in total. The predicted octanol–water partition coefficient (Wildman–Crippen LogP) is 0.0710. The summed E-state index contributed by atoms with van der Waals surface area (Å²) in [5.41, 5.74) is 5.53. The quantitative estimate of drug-likeness (QED) is 0.411. The van der Waals surface area contributed by atoms with Gasteiger partial charge < -0.3 is 35.3 Å². The Morgan fingerprint density at radius 1 is 1.27 bits per heavy atom. The molecule has 0 bridgehead atoms. The number of carbonyl (C=O) groups excluding carboxylic acids is 1. The highest BCUT2D eigenvalue weighted by molar-refractivity contribution is 5.94. The number of likely N-dealkylation sites (tertiary alicyclic amines) is 1. The summed E-state index contributed by atoms with van der Waals surface area (Å²) < 4.78 is 6.80. The van der Waals surface area contributed by atoms with E-state index in [-0.39, 0.29) is 36.6 Å². The lowest BCUT2D eigenvalue weighted by atomic mass is 9.91. The van der Waals surface area contributed by atoms with Crippen LogP contribution in [0.1, 0.15) is 29.7 Å². The number of carbonyl (C=O) groups is 2. The smallest absolute Gasteiger partial charge is 0.341 e. The Morgan fingerprint density at radius 2 is 2.06 bits per heavy atom. The number of hydrogen-bond donors (Lipinski definition) is 4. The Labute approximate surface area is 188 Å². The van der Waals surface area contributed by atoms with Gasteiger partial charge in [-0.05, 0) is 25.1 Å². The molecular formula is C21H24N6O6. The number of carboxylic acids is 1. The maximum Gasteiger partial charge on any atom is 0.341 e. The van der Waals surface area contributed by atoms with E-state index in [0.29, 0.717) is 11.2 Å². The lowest BCUT2D eigenvalue weighted by Gasteiger charge is -2.34. The number of ether oxygens (including phenoxy) is 1. The summed E-state index contributed by atoms with van der Waals surface area (Å²) in [7, 11) is 0. The van der Waals surface area contributed by atoms with Crippen molar-refractivity contribution in [1.82, 2.24) is 24.4 Å². The molecule has 4 rings (SSSR count). The molecule has 0 radical (unpaired) electrons. The van der Waals surface area contributed by atoms with Crippen molar-refractivity contribution < 1.29 is 29.6 Å². The molecule has 1 aliphatic heterocycles. The Morgan fingerprint density at radius 3 is 2.82 bits per heavy atom. The van der Waals surface area contributed by atoms with Gasteiger partial charge in [0.25, 0.3) is 5.91 Å². The molecule has 1 amide bonds. The average molecular weight is 456 g/mol. The van der Waals surface area contributed by atoms with Gasteiger partial charge in [0, 0.05) is 25.1 Å². The first-order valence-corrected chi connectivity index (χ1v) is 10.2. The number of aliphatic carboxylic acids is 1. The average Bonchev–Trinajstić information content (AvgIpc) is 3.14. The molecule has 1 aliphatic rings. The zero-order valence-electron chi connectivity index (χ0n) is 17.8. The van der Waals surface area contributed by atoms with Crippen LogP contribution in [0.5, 0.6) is 5.75 Å². The van der Waals surface area contributed by atoms with E-state index in [1.54, 1.807) is 29.7 Å². The van der Waals surface area contributed by atoms with Gasteiger partial charge >= 0.3 is 5.97 Å². The minimum Gasteiger partial charge on any atom is -0.482 e. The summed E-state index contributed by atoms with van der Waals surface area (Å²) in [6.45, 7) is 1.10. The molecular weight excluding hydrogens is 432 g/mol. The van der Waals surface area contributed by atoms with Crippen molar-refractivity contribution in [3.05, 3.63) is 42.5 Å². The number of nitrogens with two attached hydrogens (primary N) is 1. The van der Waals surface area contributed by atoms with Crippen LogP contribution in [0.4, 0.5) is 5.82 Å². The SMILES string of the molecule is C[C@]1(O)C[C@@H](O)CN(C(=O)c2cccc(OCC(=O)O)c2)C[C@@H]1n1cnc2c(N)ncnc21. The monoisotopic (exact) mass is 456 g/mol. The molecule has 174 valence electrons. The number of aliphatic hydroxyl groups is 2. The van der Waals surface area contributed by atoms with Crippen LogP contribution in [0.15, 0.2) is 36.9 Å². The van der Waals surface area contributed by atoms with Crippen molar-refractivity contribution in [2.45, 2.75) is 31.1 Å². The highest BCUT2D eigenvalue weighted by Gasteiger charge is 2.42. The number of imidazole rings is 1. The number of aromatic nitrogens is 4. The lowest BCUT2D eigenvalue weighted by molar-refractivity contribution is -0.139. The molecule has 33 heavy (non-hydrogen) atoms. The molecule has 3 heterocycles. The van der Waals surface area contributed by atoms with E-state index in [0.717, 1.165) is 0 Å². The Hall–Kier alpha value is -3.77. The van der Waals surface area contributed by atoms with Gasteiger partial charge in [-0.3, -0.25) is 4.79 Å². The van der Waals surface area contributed by atoms with E-state index >= 15 is 0 Å². The first-order chi connectivity index (χ1) is 15.7. The van der Waals surface area contributed by atoms with Gasteiger partial charge in [0.15, 0.2) is 18.1 Å². The van der Waals surface area contributed by atoms with Crippen LogP contribution in [0.2, 0.25) is 0 Å². The van der Waals surface area contributed by atoms with Gasteiger partial charge in [-0.25, -0.2) is 19.7 Å². The summed E-state index contributed by atoms with van der Waals surface area (Å²) in [4.78, 5) is 37.9. The van der Waals surface area contributed by atoms with Crippen LogP contribution in [0.25, 0.3) is 11.2 Å². The minimum absolute atomic E-state index is 0.00452. The molecule has 1 saturated heterocycles. The number of hydrogen-bond acceptors (Lipinski definition) is 9. The first kappa shape index (κ1) is 22.4. The molecule has 3 atom stereocenters. The van der Waals surface area contributed by atoms with Crippen LogP contribution < -0.4 is 10.5 Å². The van der Waals surface area contributed by atoms with Gasteiger partial charge in [0.05, 0.1) is 24.1 Å². The molecule has 2 aromatic heterocycles. The Balaban J connectivity index is 1.67. The topological polar surface area (TPSA) is 177 Å². The zero-order valence-corrected chi connectivity index (χ0v) is 17.8. The molecule has 12 nitrogen and oxygen atoms in total.